The smallest absolute Gasteiger partial charge is 0.317 e. The number of hydrogen-bond acceptors (Lipinski definition) is 4. The van der Waals surface area contributed by atoms with Gasteiger partial charge in [0.25, 0.3) is 0 Å². The fourth-order valence-electron chi connectivity index (χ4n) is 3.09. The van der Waals surface area contributed by atoms with Crippen molar-refractivity contribution in [1.29, 1.82) is 0 Å². The number of amides is 3. The van der Waals surface area contributed by atoms with Crippen molar-refractivity contribution >= 4 is 17.6 Å². The molecule has 7 nitrogen and oxygen atoms in total. The van der Waals surface area contributed by atoms with Crippen molar-refractivity contribution in [2.75, 3.05) is 51.8 Å². The second kappa shape index (κ2) is 7.09. The van der Waals surface area contributed by atoms with Gasteiger partial charge in [-0.05, 0) is 31.3 Å². The van der Waals surface area contributed by atoms with Crippen LogP contribution in [0.2, 0.25) is 0 Å². The van der Waals surface area contributed by atoms with E-state index in [0.717, 1.165) is 37.6 Å². The first kappa shape index (κ1) is 16.6. The van der Waals surface area contributed by atoms with Crippen LogP contribution in [0.15, 0.2) is 24.3 Å². The molecule has 2 saturated heterocycles. The summed E-state index contributed by atoms with van der Waals surface area (Å²) < 4.78 is 5.14. The second-order valence-electron chi connectivity index (χ2n) is 6.34. The van der Waals surface area contributed by atoms with Crippen molar-refractivity contribution in [3.8, 4) is 5.75 Å². The van der Waals surface area contributed by atoms with Crippen LogP contribution in [0.5, 0.6) is 5.75 Å². The summed E-state index contributed by atoms with van der Waals surface area (Å²) in [6.07, 6.45) is 0.339. The topological polar surface area (TPSA) is 65.1 Å². The molecule has 1 aromatic carbocycles. The first-order chi connectivity index (χ1) is 11.6. The minimum Gasteiger partial charge on any atom is -0.497 e. The maximum Gasteiger partial charge on any atom is 0.317 e. The minimum atomic E-state index is -0.147. The number of nitrogens with one attached hydrogen (secondary N) is 1. The highest BCUT2D eigenvalue weighted by atomic mass is 16.5. The molecule has 2 aliphatic heterocycles. The van der Waals surface area contributed by atoms with E-state index in [0.29, 0.717) is 13.0 Å². The van der Waals surface area contributed by atoms with E-state index in [1.165, 1.54) is 0 Å². The third-order valence-electron chi connectivity index (χ3n) is 4.63. The van der Waals surface area contributed by atoms with Crippen molar-refractivity contribution in [1.82, 2.24) is 15.1 Å². The second-order valence-corrected chi connectivity index (χ2v) is 6.34. The summed E-state index contributed by atoms with van der Waals surface area (Å²) in [5.74, 6) is 0.786. The molecule has 0 aliphatic carbocycles. The van der Waals surface area contributed by atoms with Crippen molar-refractivity contribution < 1.29 is 14.3 Å². The van der Waals surface area contributed by atoms with E-state index in [9.17, 15) is 9.59 Å². The first-order valence-electron chi connectivity index (χ1n) is 8.25. The molecule has 1 aromatic rings. The van der Waals surface area contributed by atoms with E-state index in [1.54, 1.807) is 12.0 Å². The van der Waals surface area contributed by atoms with E-state index in [1.807, 2.05) is 29.2 Å². The van der Waals surface area contributed by atoms with E-state index in [2.05, 4.69) is 17.3 Å². The summed E-state index contributed by atoms with van der Waals surface area (Å²) in [7, 11) is 3.66. The number of urea groups is 1. The van der Waals surface area contributed by atoms with Gasteiger partial charge in [-0.15, -0.1) is 0 Å². The summed E-state index contributed by atoms with van der Waals surface area (Å²) >= 11 is 0. The molecular formula is C17H24N4O3. The van der Waals surface area contributed by atoms with E-state index < -0.39 is 0 Å². The highest BCUT2D eigenvalue weighted by Gasteiger charge is 2.32. The third-order valence-corrected chi connectivity index (χ3v) is 4.63. The maximum atomic E-state index is 12.3. The summed E-state index contributed by atoms with van der Waals surface area (Å²) in [6, 6.07) is 7.17. The molecule has 0 saturated carbocycles. The van der Waals surface area contributed by atoms with Gasteiger partial charge < -0.3 is 24.8 Å². The summed E-state index contributed by atoms with van der Waals surface area (Å²) in [4.78, 5) is 30.3. The van der Waals surface area contributed by atoms with Gasteiger partial charge in [-0.2, -0.15) is 0 Å². The molecule has 3 rings (SSSR count). The monoisotopic (exact) mass is 332 g/mol. The Balaban J connectivity index is 1.57. The molecule has 24 heavy (non-hydrogen) atoms. The lowest BCUT2D eigenvalue weighted by Crippen LogP contribution is -2.52. The van der Waals surface area contributed by atoms with Crippen LogP contribution in [0.4, 0.5) is 10.5 Å². The van der Waals surface area contributed by atoms with Gasteiger partial charge in [-0.1, -0.05) is 0 Å². The Labute approximate surface area is 142 Å². The van der Waals surface area contributed by atoms with Gasteiger partial charge in [0.1, 0.15) is 5.75 Å². The SMILES string of the molecule is COc1ccc(N2C[C@H](NC(=O)N3CCN(C)CC3)CC2=O)cc1. The molecule has 1 atom stereocenters. The van der Waals surface area contributed by atoms with E-state index in [-0.39, 0.29) is 18.0 Å². The van der Waals surface area contributed by atoms with Crippen LogP contribution in [-0.4, -0.2) is 74.7 Å². The van der Waals surface area contributed by atoms with Gasteiger partial charge in [0.15, 0.2) is 0 Å². The maximum absolute atomic E-state index is 12.3. The average Bonchev–Trinajstić information content (AvgIpc) is 2.95. The number of benzene rings is 1. The normalized spacial score (nSPS) is 21.9. The number of hydrogen-bond donors (Lipinski definition) is 1. The van der Waals surface area contributed by atoms with Crippen molar-refractivity contribution in [2.45, 2.75) is 12.5 Å². The van der Waals surface area contributed by atoms with Crippen LogP contribution in [0.1, 0.15) is 6.42 Å². The zero-order valence-corrected chi connectivity index (χ0v) is 14.2. The Hall–Kier alpha value is -2.28. The van der Waals surface area contributed by atoms with Crippen LogP contribution < -0.4 is 15.0 Å². The molecule has 0 aromatic heterocycles. The Morgan fingerprint density at radius 1 is 1.17 bits per heavy atom. The average molecular weight is 332 g/mol. The Bertz CT molecular complexity index is 596. The van der Waals surface area contributed by atoms with Gasteiger partial charge in [-0.3, -0.25) is 4.79 Å². The Morgan fingerprint density at radius 3 is 2.46 bits per heavy atom. The number of piperazine rings is 1. The molecule has 7 heteroatoms. The van der Waals surface area contributed by atoms with Gasteiger partial charge in [0.2, 0.25) is 5.91 Å². The van der Waals surface area contributed by atoms with Gasteiger partial charge in [0, 0.05) is 44.8 Å². The number of carbonyl (C=O) groups is 2. The van der Waals surface area contributed by atoms with Crippen molar-refractivity contribution in [3.05, 3.63) is 24.3 Å². The molecule has 0 radical (unpaired) electrons. The molecule has 2 fully saturated rings. The van der Waals surface area contributed by atoms with Crippen LogP contribution in [0.3, 0.4) is 0 Å². The van der Waals surface area contributed by atoms with E-state index in [4.69, 9.17) is 4.74 Å². The predicted molar refractivity (Wildman–Crippen MR) is 91.4 cm³/mol. The van der Waals surface area contributed by atoms with E-state index >= 15 is 0 Å². The van der Waals surface area contributed by atoms with Crippen LogP contribution in [0, 0.1) is 0 Å². The van der Waals surface area contributed by atoms with Crippen molar-refractivity contribution in [2.24, 2.45) is 0 Å². The first-order valence-corrected chi connectivity index (χ1v) is 8.25. The summed E-state index contributed by atoms with van der Waals surface area (Å²) in [6.45, 7) is 3.73. The van der Waals surface area contributed by atoms with Crippen LogP contribution in [0.25, 0.3) is 0 Å². The molecule has 3 amide bonds. The Kier molecular flexibility index (Phi) is 4.89. The number of nitrogens with zero attached hydrogens (tertiary/aromatic N) is 3. The lowest BCUT2D eigenvalue weighted by molar-refractivity contribution is -0.117. The highest BCUT2D eigenvalue weighted by Crippen LogP contribution is 2.24. The quantitative estimate of drug-likeness (QED) is 0.887. The lowest BCUT2D eigenvalue weighted by atomic mass is 10.2. The highest BCUT2D eigenvalue weighted by molar-refractivity contribution is 5.96. The largest absolute Gasteiger partial charge is 0.497 e. The number of ether oxygens (including phenoxy) is 1. The third kappa shape index (κ3) is 3.62. The number of rotatable bonds is 3. The van der Waals surface area contributed by atoms with Crippen molar-refractivity contribution in [3.63, 3.8) is 0 Å². The zero-order valence-electron chi connectivity index (χ0n) is 14.2. The lowest BCUT2D eigenvalue weighted by Gasteiger charge is -2.33. The summed E-state index contributed by atoms with van der Waals surface area (Å²) in [5.41, 5.74) is 0.831. The fourth-order valence-corrected chi connectivity index (χ4v) is 3.09. The molecule has 0 bridgehead atoms. The fraction of sp³-hybridized carbons (Fsp3) is 0.529. The standard InChI is InChI=1S/C17H24N4O3/c1-19-7-9-20(10-8-19)17(23)18-13-11-16(22)21(12-13)14-3-5-15(24-2)6-4-14/h3-6,13H,7-12H2,1-2H3,(H,18,23)/t13-/m1/s1. The number of anilines is 1. The minimum absolute atomic E-state index is 0.0313. The van der Waals surface area contributed by atoms with Gasteiger partial charge in [-0.25, -0.2) is 4.79 Å². The predicted octanol–water partition coefficient (Wildman–Crippen LogP) is 0.758. The van der Waals surface area contributed by atoms with Crippen LogP contribution >= 0.6 is 0 Å². The molecule has 130 valence electrons. The van der Waals surface area contributed by atoms with Gasteiger partial charge >= 0.3 is 6.03 Å². The number of methoxy groups -OCH3 is 1. The molecule has 0 unspecified atom stereocenters. The molecule has 0 spiro atoms. The number of likely N-dealkylation sites (N-methyl/N-ethyl adjacent to an activating group) is 1. The zero-order chi connectivity index (χ0) is 17.1. The molecule has 2 aliphatic rings. The molecule has 1 N–H and O–H groups in total. The Morgan fingerprint density at radius 2 is 1.83 bits per heavy atom. The van der Waals surface area contributed by atoms with Gasteiger partial charge in [0.05, 0.1) is 13.2 Å². The summed E-state index contributed by atoms with van der Waals surface area (Å²) in [5, 5.41) is 3.00. The molecule has 2 heterocycles. The van der Waals surface area contributed by atoms with Crippen LogP contribution in [-0.2, 0) is 4.79 Å². The molecular weight excluding hydrogens is 308 g/mol. The number of carbonyl (C=O) groups excluding carboxylic acids is 2.